The summed E-state index contributed by atoms with van der Waals surface area (Å²) in [7, 11) is 10.1. The van der Waals surface area contributed by atoms with E-state index in [0.717, 1.165) is 18.0 Å². The largest absolute Gasteiger partial charge is 0.390 e. The zero-order valence-electron chi connectivity index (χ0n) is 62.1. The molecule has 11 amide bonds. The fraction of sp³-hybridized carbons (Fsp3) is 0.812. The van der Waals surface area contributed by atoms with E-state index in [0.29, 0.717) is 31.9 Å². The van der Waals surface area contributed by atoms with Gasteiger partial charge in [0.1, 0.15) is 66.5 Å². The van der Waals surface area contributed by atoms with Crippen molar-refractivity contribution in [3.8, 4) is 0 Å². The Morgan fingerprint density at radius 2 is 0.905 bits per heavy atom. The van der Waals surface area contributed by atoms with Gasteiger partial charge in [-0.05, 0) is 101 Å². The number of rotatable bonds is 20. The maximum atomic E-state index is 15.4. The van der Waals surface area contributed by atoms with E-state index in [1.165, 1.54) is 104 Å². The van der Waals surface area contributed by atoms with Gasteiger partial charge in [0, 0.05) is 80.5 Å². The van der Waals surface area contributed by atoms with Crippen LogP contribution >= 0.6 is 11.8 Å². The lowest BCUT2D eigenvalue weighted by molar-refractivity contribution is -0.157. The molecule has 2 saturated heterocycles. The molecule has 95 heavy (non-hydrogen) atoms. The van der Waals surface area contributed by atoms with Gasteiger partial charge in [0.15, 0.2) is 0 Å². The van der Waals surface area contributed by atoms with Crippen molar-refractivity contribution in [1.29, 1.82) is 0 Å². The first kappa shape index (κ1) is 85.2. The SMILES string of the molecule is C/C=C/C[C@@H](C)[C@@H](O)C1C(=O)N[C@@H](CC)C(=O)N(C)C(CSCCN2CCOCC2)C(=O)N(C)[C@@H](CC(C)C)C(=O)N[C@@H](C(C)C)C(=O)N(C)[C@@H](CC(C)C)C(=O)N[C@@H](C)C(=O)N[C@H](C)C(=O)N(C)[C@@H](CC(C)C)C(=O)N(C)[C@@H](CC(C)C)C(=O)N(C)[C@@H](C(C)C)C(=O)N1C. The molecule has 2 unspecified atom stereocenters. The standard InChI is InChI=1S/C69H124N12O13S/c1-25-27-28-46(15)58(82)57-62(86)72-49(26-2)64(88)78(22)54(39-95-34-31-81-29-32-94-33-30-81)67(91)74(18)51(36-41(5)6)61(85)73-55(44(11)12)68(92)75(19)50(35-40(3)4)60(84)70-47(16)59(83)71-48(17)63(87)76(20)52(37-42(7)8)65(89)77(21)53(38-43(9)10)66(90)79(23)56(45(13)14)69(93)80(57)24/h25,27,40-58,82H,26,28-39H2,1-24H3,(H,70,84)(H,71,83)(H,72,86)(H,73,85)/b27-25+/t46-,47+,48-,49+,50+,51+,52+,53+,54?,55+,56+,57?,58-/m1/s1. The summed E-state index contributed by atoms with van der Waals surface area (Å²) in [6, 6.07) is -13.8. The van der Waals surface area contributed by atoms with Crippen molar-refractivity contribution >= 4 is 76.7 Å². The Hall–Kier alpha value is -5.86. The molecule has 0 aromatic rings. The Morgan fingerprint density at radius 1 is 0.484 bits per heavy atom. The maximum Gasteiger partial charge on any atom is 0.246 e. The monoisotopic (exact) mass is 1360 g/mol. The van der Waals surface area contributed by atoms with Gasteiger partial charge in [-0.1, -0.05) is 109 Å². The summed E-state index contributed by atoms with van der Waals surface area (Å²) in [5.41, 5.74) is 0. The molecule has 26 heteroatoms. The van der Waals surface area contributed by atoms with Crippen LogP contribution in [-0.2, 0) is 57.5 Å². The molecule has 544 valence electrons. The number of nitrogens with zero attached hydrogens (tertiary/aromatic N) is 8. The lowest BCUT2D eigenvalue weighted by atomic mass is 9.91. The van der Waals surface area contributed by atoms with Gasteiger partial charge < -0.3 is 65.4 Å². The third-order valence-electron chi connectivity index (χ3n) is 18.3. The minimum absolute atomic E-state index is 0.00590. The van der Waals surface area contributed by atoms with E-state index < -0.39 is 155 Å². The Labute approximate surface area is 573 Å². The first-order valence-corrected chi connectivity index (χ1v) is 35.6. The maximum absolute atomic E-state index is 15.4. The Kier molecular flexibility index (Phi) is 36.0. The smallest absolute Gasteiger partial charge is 0.246 e. The molecule has 0 saturated carbocycles. The average Bonchev–Trinajstić information content (AvgIpc) is 0.814. The van der Waals surface area contributed by atoms with Crippen LogP contribution in [0.15, 0.2) is 12.2 Å². The van der Waals surface area contributed by atoms with Crippen LogP contribution in [0.3, 0.4) is 0 Å². The van der Waals surface area contributed by atoms with Crippen LogP contribution in [0.1, 0.15) is 156 Å². The number of amides is 11. The van der Waals surface area contributed by atoms with Crippen molar-refractivity contribution in [3.63, 3.8) is 0 Å². The number of morpholine rings is 1. The normalized spacial score (nSPS) is 27.3. The summed E-state index contributed by atoms with van der Waals surface area (Å²) in [4.78, 5) is 175. The van der Waals surface area contributed by atoms with E-state index in [-0.39, 0.29) is 61.5 Å². The van der Waals surface area contributed by atoms with Crippen molar-refractivity contribution in [2.45, 2.75) is 229 Å². The topological polar surface area (TPSA) is 291 Å². The lowest BCUT2D eigenvalue weighted by Crippen LogP contribution is -2.64. The minimum Gasteiger partial charge on any atom is -0.390 e. The highest BCUT2D eigenvalue weighted by Gasteiger charge is 2.46. The molecule has 2 aliphatic rings. The molecule has 0 aliphatic carbocycles. The van der Waals surface area contributed by atoms with Crippen molar-refractivity contribution in [1.82, 2.24) is 60.5 Å². The zero-order chi connectivity index (χ0) is 72.8. The number of hydrogen-bond donors (Lipinski definition) is 5. The molecule has 0 bridgehead atoms. The van der Waals surface area contributed by atoms with Crippen molar-refractivity contribution in [3.05, 3.63) is 12.2 Å². The number of thioether (sulfide) groups is 1. The summed E-state index contributed by atoms with van der Waals surface area (Å²) in [6.07, 6.45) is 2.98. The minimum atomic E-state index is -1.64. The fourth-order valence-electron chi connectivity index (χ4n) is 12.2. The summed E-state index contributed by atoms with van der Waals surface area (Å²) in [6.45, 7) is 33.4. The predicted octanol–water partition coefficient (Wildman–Crippen LogP) is 3.70. The number of carbonyl (C=O) groups is 11. The van der Waals surface area contributed by atoms with E-state index in [2.05, 4.69) is 26.2 Å². The molecule has 13 atom stereocenters. The molecular formula is C69H124N12O13S. The third kappa shape index (κ3) is 24.6. The first-order valence-electron chi connectivity index (χ1n) is 34.5. The highest BCUT2D eigenvalue weighted by Crippen LogP contribution is 2.27. The second-order valence-corrected chi connectivity index (χ2v) is 30.0. The quantitative estimate of drug-likeness (QED) is 0.0858. The fourth-order valence-corrected chi connectivity index (χ4v) is 13.3. The van der Waals surface area contributed by atoms with Gasteiger partial charge in [-0.3, -0.25) is 57.6 Å². The molecule has 0 radical (unpaired) electrons. The van der Waals surface area contributed by atoms with Crippen LogP contribution in [0.2, 0.25) is 0 Å². The molecule has 0 aromatic carbocycles. The van der Waals surface area contributed by atoms with Crippen molar-refractivity contribution < 1.29 is 62.6 Å². The summed E-state index contributed by atoms with van der Waals surface area (Å²) >= 11 is 1.44. The highest BCUT2D eigenvalue weighted by atomic mass is 32.2. The summed E-state index contributed by atoms with van der Waals surface area (Å²) in [5.74, 6) is -9.12. The van der Waals surface area contributed by atoms with Crippen LogP contribution in [0.5, 0.6) is 0 Å². The molecular weight excluding hydrogens is 1240 g/mol. The van der Waals surface area contributed by atoms with Crippen LogP contribution < -0.4 is 21.3 Å². The van der Waals surface area contributed by atoms with E-state index in [4.69, 9.17) is 4.74 Å². The molecule has 2 rings (SSSR count). The van der Waals surface area contributed by atoms with Gasteiger partial charge >= 0.3 is 0 Å². The van der Waals surface area contributed by atoms with Crippen LogP contribution in [0, 0.1) is 41.4 Å². The van der Waals surface area contributed by atoms with Crippen molar-refractivity contribution in [2.75, 3.05) is 93.7 Å². The molecule has 2 fully saturated rings. The van der Waals surface area contributed by atoms with E-state index >= 15 is 28.8 Å². The van der Waals surface area contributed by atoms with Gasteiger partial charge in [-0.2, -0.15) is 11.8 Å². The van der Waals surface area contributed by atoms with Crippen molar-refractivity contribution in [2.24, 2.45) is 41.4 Å². The van der Waals surface area contributed by atoms with Gasteiger partial charge in [0.25, 0.3) is 0 Å². The van der Waals surface area contributed by atoms with E-state index in [1.54, 1.807) is 47.6 Å². The number of nitrogens with one attached hydrogen (secondary N) is 4. The molecule has 0 spiro atoms. The molecule has 25 nitrogen and oxygen atoms in total. The number of aliphatic hydroxyl groups excluding tert-OH is 1. The van der Waals surface area contributed by atoms with Gasteiger partial charge in [0.05, 0.1) is 19.3 Å². The molecule has 5 N–H and O–H groups in total. The number of allylic oxidation sites excluding steroid dienone is 2. The van der Waals surface area contributed by atoms with Gasteiger partial charge in [0.2, 0.25) is 65.0 Å². The van der Waals surface area contributed by atoms with Gasteiger partial charge in [-0.15, -0.1) is 0 Å². The van der Waals surface area contributed by atoms with Crippen LogP contribution in [0.4, 0.5) is 0 Å². The number of likely N-dealkylation sites (N-methyl/N-ethyl adjacent to an activating group) is 7. The Morgan fingerprint density at radius 3 is 1.38 bits per heavy atom. The van der Waals surface area contributed by atoms with Crippen LogP contribution in [-0.4, -0.2) is 276 Å². The summed E-state index contributed by atoms with van der Waals surface area (Å²) < 4.78 is 5.56. The zero-order valence-corrected chi connectivity index (χ0v) is 63.0. The second-order valence-electron chi connectivity index (χ2n) is 28.8. The first-order chi connectivity index (χ1) is 44.2. The lowest BCUT2D eigenvalue weighted by Gasteiger charge is -2.41. The molecule has 2 heterocycles. The summed E-state index contributed by atoms with van der Waals surface area (Å²) in [5, 5.41) is 23.5. The number of aliphatic hydroxyl groups is 1. The molecule has 0 aromatic heterocycles. The highest BCUT2D eigenvalue weighted by molar-refractivity contribution is 7.99. The molecule has 2 aliphatic heterocycles. The Bertz CT molecular complexity index is 2580. The second kappa shape index (κ2) is 40.1. The Balaban J connectivity index is 3.09. The number of hydrogen-bond acceptors (Lipinski definition) is 15. The average molecular weight is 1360 g/mol. The van der Waals surface area contributed by atoms with Crippen LogP contribution in [0.25, 0.3) is 0 Å². The predicted molar refractivity (Wildman–Crippen MR) is 372 cm³/mol. The number of carbonyl (C=O) groups excluding carboxylic acids is 11. The van der Waals surface area contributed by atoms with E-state index in [9.17, 15) is 29.1 Å². The third-order valence-corrected chi connectivity index (χ3v) is 19.3. The van der Waals surface area contributed by atoms with Gasteiger partial charge in [-0.25, -0.2) is 0 Å². The van der Waals surface area contributed by atoms with E-state index in [1.807, 2.05) is 68.4 Å². The number of ether oxygens (including phenoxy) is 1.